The van der Waals surface area contributed by atoms with Crippen molar-refractivity contribution in [2.75, 3.05) is 6.61 Å². The summed E-state index contributed by atoms with van der Waals surface area (Å²) in [6, 6.07) is 0.754. The number of rotatable bonds is 2. The zero-order chi connectivity index (χ0) is 14.4. The molecule has 1 fully saturated rings. The molecular formula is C9H9F3N2O5. The van der Waals surface area contributed by atoms with Crippen LogP contribution >= 0.6 is 0 Å². The highest BCUT2D eigenvalue weighted by atomic mass is 19.3. The molecule has 0 unspecified atom stereocenters. The van der Waals surface area contributed by atoms with Crippen molar-refractivity contribution >= 4 is 0 Å². The number of aliphatic hydroxyl groups is 2. The average Bonchev–Trinajstić information content (AvgIpc) is 2.51. The van der Waals surface area contributed by atoms with Gasteiger partial charge in [-0.25, -0.2) is 9.18 Å². The van der Waals surface area contributed by atoms with Crippen molar-refractivity contribution in [1.82, 2.24) is 9.55 Å². The molecule has 19 heavy (non-hydrogen) atoms. The van der Waals surface area contributed by atoms with Gasteiger partial charge < -0.3 is 14.9 Å². The Morgan fingerprint density at radius 1 is 1.42 bits per heavy atom. The third kappa shape index (κ3) is 1.97. The highest BCUT2D eigenvalue weighted by Gasteiger charge is 2.68. The Hall–Kier alpha value is -1.65. The van der Waals surface area contributed by atoms with E-state index in [1.54, 1.807) is 4.98 Å². The van der Waals surface area contributed by atoms with E-state index in [0.717, 1.165) is 6.07 Å². The van der Waals surface area contributed by atoms with Gasteiger partial charge in [-0.15, -0.1) is 0 Å². The Balaban J connectivity index is 2.51. The number of aromatic amines is 1. The van der Waals surface area contributed by atoms with Crippen molar-refractivity contribution in [2.24, 2.45) is 0 Å². The number of aliphatic hydroxyl groups excluding tert-OH is 2. The molecule has 7 nitrogen and oxygen atoms in total. The lowest BCUT2D eigenvalue weighted by atomic mass is 10.1. The van der Waals surface area contributed by atoms with Crippen molar-refractivity contribution in [2.45, 2.75) is 24.1 Å². The van der Waals surface area contributed by atoms with Crippen molar-refractivity contribution in [1.29, 1.82) is 0 Å². The van der Waals surface area contributed by atoms with Crippen LogP contribution in [-0.4, -0.2) is 44.3 Å². The number of ether oxygens (including phenoxy) is 1. The van der Waals surface area contributed by atoms with Gasteiger partial charge in [0.15, 0.2) is 6.10 Å². The van der Waals surface area contributed by atoms with Gasteiger partial charge >= 0.3 is 11.6 Å². The van der Waals surface area contributed by atoms with Crippen molar-refractivity contribution < 1.29 is 28.1 Å². The molecule has 1 aliphatic heterocycles. The number of hydrogen-bond acceptors (Lipinski definition) is 5. The van der Waals surface area contributed by atoms with Crippen molar-refractivity contribution in [3.8, 4) is 0 Å². The number of halogens is 3. The normalized spacial score (nSPS) is 33.5. The van der Waals surface area contributed by atoms with E-state index in [4.69, 9.17) is 10.2 Å². The molecule has 0 bridgehead atoms. The van der Waals surface area contributed by atoms with Crippen LogP contribution in [0.5, 0.6) is 0 Å². The second-order valence-electron chi connectivity index (χ2n) is 4.01. The summed E-state index contributed by atoms with van der Waals surface area (Å²) in [5, 5.41) is 17.8. The molecule has 106 valence electrons. The summed E-state index contributed by atoms with van der Waals surface area (Å²) in [6.45, 7) is -1.52. The van der Waals surface area contributed by atoms with E-state index in [1.165, 1.54) is 0 Å². The molecule has 3 N–H and O–H groups in total. The molecule has 1 aromatic rings. The van der Waals surface area contributed by atoms with Gasteiger partial charge in [0.2, 0.25) is 6.23 Å². The van der Waals surface area contributed by atoms with E-state index in [1.807, 2.05) is 0 Å². The first kappa shape index (κ1) is 13.8. The van der Waals surface area contributed by atoms with E-state index >= 15 is 0 Å². The third-order valence-corrected chi connectivity index (χ3v) is 2.73. The third-order valence-electron chi connectivity index (χ3n) is 2.73. The molecule has 0 radical (unpaired) electrons. The molecule has 1 aromatic heterocycles. The number of nitrogens with zero attached hydrogens (tertiary/aromatic N) is 1. The first-order valence-electron chi connectivity index (χ1n) is 5.07. The Morgan fingerprint density at radius 3 is 2.53 bits per heavy atom. The summed E-state index contributed by atoms with van der Waals surface area (Å²) < 4.78 is 45.5. The van der Waals surface area contributed by atoms with Gasteiger partial charge in [0, 0.05) is 12.3 Å². The summed E-state index contributed by atoms with van der Waals surface area (Å²) >= 11 is 0. The molecule has 10 heteroatoms. The Kier molecular flexibility index (Phi) is 3.03. The fourth-order valence-corrected chi connectivity index (χ4v) is 1.73. The number of alkyl halides is 3. The summed E-state index contributed by atoms with van der Waals surface area (Å²) in [6.07, 6.45) is -4.76. The molecule has 0 saturated carbocycles. The Morgan fingerprint density at radius 2 is 2.05 bits per heavy atom. The molecule has 1 saturated heterocycles. The first-order chi connectivity index (χ1) is 8.72. The quantitative estimate of drug-likeness (QED) is 0.626. The maximum Gasteiger partial charge on any atom is 0.330 e. The van der Waals surface area contributed by atoms with Crippen molar-refractivity contribution in [3.05, 3.63) is 33.1 Å². The van der Waals surface area contributed by atoms with E-state index in [2.05, 4.69) is 4.74 Å². The monoisotopic (exact) mass is 282 g/mol. The van der Waals surface area contributed by atoms with Crippen LogP contribution in [0.15, 0.2) is 21.9 Å². The van der Waals surface area contributed by atoms with Crippen LogP contribution in [0.2, 0.25) is 0 Å². The zero-order valence-electron chi connectivity index (χ0n) is 9.22. The lowest BCUT2D eigenvalue weighted by Gasteiger charge is -2.20. The second-order valence-corrected chi connectivity index (χ2v) is 4.01. The van der Waals surface area contributed by atoms with Crippen molar-refractivity contribution in [3.63, 3.8) is 0 Å². The van der Waals surface area contributed by atoms with Gasteiger partial charge in [-0.2, -0.15) is 8.78 Å². The van der Waals surface area contributed by atoms with Crippen LogP contribution in [0.1, 0.15) is 6.23 Å². The number of nitrogens with one attached hydrogen (secondary N) is 1. The smallest absolute Gasteiger partial charge is 0.330 e. The molecular weight excluding hydrogens is 273 g/mol. The number of aromatic nitrogens is 2. The largest absolute Gasteiger partial charge is 0.390 e. The predicted molar refractivity (Wildman–Crippen MR) is 53.3 cm³/mol. The van der Waals surface area contributed by atoms with Gasteiger partial charge in [0.1, 0.15) is 6.61 Å². The van der Waals surface area contributed by atoms with E-state index in [-0.39, 0.29) is 4.57 Å². The van der Waals surface area contributed by atoms with E-state index in [9.17, 15) is 22.8 Å². The lowest BCUT2D eigenvalue weighted by molar-refractivity contribution is -0.207. The highest BCUT2D eigenvalue weighted by molar-refractivity contribution is 5.01. The molecule has 1 aliphatic rings. The minimum Gasteiger partial charge on any atom is -0.390 e. The van der Waals surface area contributed by atoms with Gasteiger partial charge in [0.05, 0.1) is 0 Å². The fraction of sp³-hybridized carbons (Fsp3) is 0.556. The SMILES string of the molecule is O=c1ccn([C@@H]2O[C@](F)(CO)[C@@H](O)C2(F)F)c(=O)[nH]1. The first-order valence-corrected chi connectivity index (χ1v) is 5.07. The molecule has 3 atom stereocenters. The molecule has 0 amide bonds. The van der Waals surface area contributed by atoms with Gasteiger partial charge in [-0.1, -0.05) is 0 Å². The Bertz CT molecular complexity index is 600. The highest BCUT2D eigenvalue weighted by Crippen LogP contribution is 2.47. The maximum atomic E-state index is 13.7. The number of H-pyrrole nitrogens is 1. The molecule has 0 aromatic carbocycles. The summed E-state index contributed by atoms with van der Waals surface area (Å²) in [4.78, 5) is 23.8. The zero-order valence-corrected chi connectivity index (χ0v) is 9.22. The lowest BCUT2D eigenvalue weighted by Crippen LogP contribution is -2.46. The Labute approximate surface area is 102 Å². The maximum absolute atomic E-state index is 13.7. The van der Waals surface area contributed by atoms with Gasteiger partial charge in [-0.3, -0.25) is 14.3 Å². The van der Waals surface area contributed by atoms with E-state index in [0.29, 0.717) is 6.20 Å². The summed E-state index contributed by atoms with van der Waals surface area (Å²) in [5.74, 6) is -7.57. The average molecular weight is 282 g/mol. The van der Waals surface area contributed by atoms with Crippen LogP contribution in [0.4, 0.5) is 13.2 Å². The van der Waals surface area contributed by atoms with Crippen LogP contribution in [0.25, 0.3) is 0 Å². The van der Waals surface area contributed by atoms with Crippen LogP contribution in [-0.2, 0) is 4.74 Å². The van der Waals surface area contributed by atoms with Crippen LogP contribution in [0, 0.1) is 0 Å². The topological polar surface area (TPSA) is 105 Å². The van der Waals surface area contributed by atoms with Crippen LogP contribution < -0.4 is 11.2 Å². The predicted octanol–water partition coefficient (Wildman–Crippen LogP) is -1.28. The summed E-state index contributed by atoms with van der Waals surface area (Å²) in [7, 11) is 0. The molecule has 0 spiro atoms. The molecule has 2 rings (SSSR count). The van der Waals surface area contributed by atoms with Crippen LogP contribution in [0.3, 0.4) is 0 Å². The molecule has 2 heterocycles. The second kappa shape index (κ2) is 4.18. The standard InChI is InChI=1S/C9H9F3N2O5/c10-8(3-15)5(17)9(11,12)6(19-8)14-2-1-4(16)13-7(14)18/h1-2,5-6,15,17H,3H2,(H,13,16,18)/t5-,6-,8-/m1/s1. The van der Waals surface area contributed by atoms with E-state index < -0.39 is 42.0 Å². The summed E-state index contributed by atoms with van der Waals surface area (Å²) in [5.41, 5.74) is -2.09. The minimum atomic E-state index is -4.17. The van der Waals surface area contributed by atoms with Gasteiger partial charge in [0.25, 0.3) is 11.4 Å². The minimum absolute atomic E-state index is 0.224. The fourth-order valence-electron chi connectivity index (χ4n) is 1.73. The van der Waals surface area contributed by atoms with Gasteiger partial charge in [-0.05, 0) is 0 Å². The molecule has 0 aliphatic carbocycles. The number of hydrogen-bond donors (Lipinski definition) is 3.